The first-order chi connectivity index (χ1) is 16.1. The van der Waals surface area contributed by atoms with Crippen molar-refractivity contribution < 1.29 is 22.7 Å². The second kappa shape index (κ2) is 10.9. The smallest absolute Gasteiger partial charge is 0.409 e. The van der Waals surface area contributed by atoms with Gasteiger partial charge in [-0.3, -0.25) is 9.10 Å². The van der Waals surface area contributed by atoms with Crippen molar-refractivity contribution in [3.05, 3.63) is 59.7 Å². The van der Waals surface area contributed by atoms with Gasteiger partial charge in [-0.15, -0.1) is 0 Å². The zero-order chi connectivity index (χ0) is 24.9. The van der Waals surface area contributed by atoms with E-state index in [0.29, 0.717) is 50.5 Å². The topological polar surface area (TPSA) is 87.2 Å². The number of nitrogens with zero attached hydrogens (tertiary/aromatic N) is 3. The number of carbonyl (C=O) groups is 2. The van der Waals surface area contributed by atoms with Gasteiger partial charge in [-0.2, -0.15) is 0 Å². The second-order valence-electron chi connectivity index (χ2n) is 8.94. The first-order valence-electron chi connectivity index (χ1n) is 11.5. The molecule has 1 saturated heterocycles. The SMILES string of the molecule is Cc1ccc(S(=O)(=O)N(C)c2ccc(C(=O)N3CCCN(C(=O)OCC(C)C)CC3)cc2)cc1. The van der Waals surface area contributed by atoms with E-state index in [4.69, 9.17) is 4.74 Å². The average Bonchev–Trinajstić information content (AvgIpc) is 3.08. The van der Waals surface area contributed by atoms with Crippen LogP contribution >= 0.6 is 0 Å². The molecule has 1 aliphatic heterocycles. The summed E-state index contributed by atoms with van der Waals surface area (Å²) in [6, 6.07) is 13.2. The molecule has 1 heterocycles. The van der Waals surface area contributed by atoms with Crippen molar-refractivity contribution in [3.63, 3.8) is 0 Å². The van der Waals surface area contributed by atoms with E-state index in [1.165, 1.54) is 11.4 Å². The van der Waals surface area contributed by atoms with Gasteiger partial charge in [0.15, 0.2) is 0 Å². The highest BCUT2D eigenvalue weighted by molar-refractivity contribution is 7.92. The molecule has 0 bridgehead atoms. The van der Waals surface area contributed by atoms with Crippen molar-refractivity contribution in [1.82, 2.24) is 9.80 Å². The molecule has 9 heteroatoms. The number of hydrogen-bond donors (Lipinski definition) is 0. The van der Waals surface area contributed by atoms with Crippen LogP contribution in [0.5, 0.6) is 0 Å². The Hall–Kier alpha value is -3.07. The second-order valence-corrected chi connectivity index (χ2v) is 10.9. The fraction of sp³-hybridized carbons (Fsp3) is 0.440. The molecule has 34 heavy (non-hydrogen) atoms. The van der Waals surface area contributed by atoms with Crippen molar-refractivity contribution in [1.29, 1.82) is 0 Å². The van der Waals surface area contributed by atoms with Crippen LogP contribution in [0.15, 0.2) is 53.4 Å². The minimum atomic E-state index is -3.70. The summed E-state index contributed by atoms with van der Waals surface area (Å²) in [4.78, 5) is 28.9. The van der Waals surface area contributed by atoms with Gasteiger partial charge in [-0.1, -0.05) is 31.5 Å². The Kier molecular flexibility index (Phi) is 8.19. The maximum Gasteiger partial charge on any atom is 0.409 e. The van der Waals surface area contributed by atoms with E-state index in [9.17, 15) is 18.0 Å². The van der Waals surface area contributed by atoms with Crippen LogP contribution in [0.1, 0.15) is 36.2 Å². The number of benzene rings is 2. The maximum atomic E-state index is 13.0. The Balaban J connectivity index is 1.64. The highest BCUT2D eigenvalue weighted by Crippen LogP contribution is 2.23. The van der Waals surface area contributed by atoms with Crippen molar-refractivity contribution in [2.45, 2.75) is 32.1 Å². The highest BCUT2D eigenvalue weighted by atomic mass is 32.2. The number of anilines is 1. The lowest BCUT2D eigenvalue weighted by Gasteiger charge is -2.23. The molecule has 0 N–H and O–H groups in total. The van der Waals surface area contributed by atoms with Crippen LogP contribution < -0.4 is 4.31 Å². The Bertz CT molecular complexity index is 1100. The number of amides is 2. The molecular formula is C25H33N3O5S. The number of hydrogen-bond acceptors (Lipinski definition) is 5. The molecule has 0 unspecified atom stereocenters. The lowest BCUT2D eigenvalue weighted by atomic mass is 10.1. The quantitative estimate of drug-likeness (QED) is 0.619. The summed E-state index contributed by atoms with van der Waals surface area (Å²) >= 11 is 0. The molecule has 2 aromatic carbocycles. The Morgan fingerprint density at radius 1 is 0.941 bits per heavy atom. The summed E-state index contributed by atoms with van der Waals surface area (Å²) in [5.74, 6) is 0.121. The van der Waals surface area contributed by atoms with Gasteiger partial charge in [0.2, 0.25) is 0 Å². The van der Waals surface area contributed by atoms with E-state index < -0.39 is 10.0 Å². The zero-order valence-corrected chi connectivity index (χ0v) is 21.0. The summed E-state index contributed by atoms with van der Waals surface area (Å²) in [5.41, 5.74) is 1.92. The molecule has 1 aliphatic rings. The third kappa shape index (κ3) is 6.08. The molecule has 2 aromatic rings. The van der Waals surface area contributed by atoms with Gasteiger partial charge in [0.1, 0.15) is 0 Å². The van der Waals surface area contributed by atoms with Gasteiger partial charge in [0.25, 0.3) is 15.9 Å². The maximum absolute atomic E-state index is 13.0. The highest BCUT2D eigenvalue weighted by Gasteiger charge is 2.25. The zero-order valence-electron chi connectivity index (χ0n) is 20.2. The third-order valence-corrected chi connectivity index (χ3v) is 7.54. The number of ether oxygens (including phenoxy) is 1. The molecule has 0 aliphatic carbocycles. The summed E-state index contributed by atoms with van der Waals surface area (Å²) in [5, 5.41) is 0. The van der Waals surface area contributed by atoms with E-state index in [2.05, 4.69) is 0 Å². The summed E-state index contributed by atoms with van der Waals surface area (Å²) in [6.07, 6.45) is 0.322. The largest absolute Gasteiger partial charge is 0.449 e. The van der Waals surface area contributed by atoms with Gasteiger partial charge in [0.05, 0.1) is 17.2 Å². The molecule has 0 atom stereocenters. The Morgan fingerprint density at radius 2 is 1.53 bits per heavy atom. The first kappa shape index (κ1) is 25.6. The number of carbonyl (C=O) groups excluding carboxylic acids is 2. The molecule has 8 nitrogen and oxygen atoms in total. The van der Waals surface area contributed by atoms with Crippen LogP contribution in [0.4, 0.5) is 10.5 Å². The Morgan fingerprint density at radius 3 is 2.15 bits per heavy atom. The fourth-order valence-corrected chi connectivity index (χ4v) is 4.83. The normalized spacial score (nSPS) is 14.6. The molecule has 0 aromatic heterocycles. The lowest BCUT2D eigenvalue weighted by Crippen LogP contribution is -2.38. The van der Waals surface area contributed by atoms with Crippen LogP contribution in [0.25, 0.3) is 0 Å². The molecule has 0 spiro atoms. The molecule has 0 radical (unpaired) electrons. The van der Waals surface area contributed by atoms with Gasteiger partial charge < -0.3 is 14.5 Å². The molecule has 184 valence electrons. The molecule has 1 fully saturated rings. The minimum absolute atomic E-state index is 0.145. The lowest BCUT2D eigenvalue weighted by molar-refractivity contribution is 0.0746. The predicted molar refractivity (Wildman–Crippen MR) is 131 cm³/mol. The molecular weight excluding hydrogens is 454 g/mol. The monoisotopic (exact) mass is 487 g/mol. The summed E-state index contributed by atoms with van der Waals surface area (Å²) < 4.78 is 32.4. The van der Waals surface area contributed by atoms with Crippen LogP contribution in [0.2, 0.25) is 0 Å². The predicted octanol–water partition coefficient (Wildman–Crippen LogP) is 3.76. The fourth-order valence-electron chi connectivity index (χ4n) is 3.64. The van der Waals surface area contributed by atoms with Crippen molar-refractivity contribution in [2.24, 2.45) is 5.92 Å². The number of sulfonamides is 1. The van der Waals surface area contributed by atoms with E-state index >= 15 is 0 Å². The third-order valence-electron chi connectivity index (χ3n) is 5.74. The van der Waals surface area contributed by atoms with Crippen molar-refractivity contribution in [2.75, 3.05) is 44.1 Å². The average molecular weight is 488 g/mol. The van der Waals surface area contributed by atoms with Gasteiger partial charge in [-0.05, 0) is 55.7 Å². The first-order valence-corrected chi connectivity index (χ1v) is 12.9. The number of rotatable bonds is 6. The van der Waals surface area contributed by atoms with Crippen LogP contribution in [-0.4, -0.2) is 70.1 Å². The van der Waals surface area contributed by atoms with Crippen LogP contribution in [0, 0.1) is 12.8 Å². The Labute approximate surface area is 202 Å². The van der Waals surface area contributed by atoms with Gasteiger partial charge in [-0.25, -0.2) is 13.2 Å². The van der Waals surface area contributed by atoms with Crippen LogP contribution in [-0.2, 0) is 14.8 Å². The number of aryl methyl sites for hydroxylation is 1. The summed E-state index contributed by atoms with van der Waals surface area (Å²) in [6.45, 7) is 8.15. The molecule has 0 saturated carbocycles. The van der Waals surface area contributed by atoms with Crippen LogP contribution in [0.3, 0.4) is 0 Å². The van der Waals surface area contributed by atoms with E-state index in [0.717, 1.165) is 5.56 Å². The van der Waals surface area contributed by atoms with Crippen molar-refractivity contribution >= 4 is 27.7 Å². The van der Waals surface area contributed by atoms with E-state index in [1.807, 2.05) is 20.8 Å². The van der Waals surface area contributed by atoms with Crippen molar-refractivity contribution in [3.8, 4) is 0 Å². The van der Waals surface area contributed by atoms with Gasteiger partial charge in [0, 0.05) is 38.8 Å². The summed E-state index contributed by atoms with van der Waals surface area (Å²) in [7, 11) is -2.21. The minimum Gasteiger partial charge on any atom is -0.449 e. The van der Waals surface area contributed by atoms with E-state index in [-0.39, 0.29) is 22.8 Å². The molecule has 3 rings (SSSR count). The van der Waals surface area contributed by atoms with E-state index in [1.54, 1.807) is 58.3 Å². The standard InChI is InChI=1S/C25H33N3O5S/c1-19(2)18-33-25(30)28-15-5-14-27(16-17-28)24(29)21-8-10-22(11-9-21)26(4)34(31,32)23-12-6-20(3)7-13-23/h6-13,19H,5,14-18H2,1-4H3. The molecule has 2 amide bonds. The van der Waals surface area contributed by atoms with Gasteiger partial charge >= 0.3 is 6.09 Å².